The van der Waals surface area contributed by atoms with Crippen molar-refractivity contribution in [3.63, 3.8) is 0 Å². The minimum Gasteiger partial charge on any atom is -0.313 e. The second kappa shape index (κ2) is 7.61. The van der Waals surface area contributed by atoms with Crippen LogP contribution in [0.1, 0.15) is 50.7 Å². The average molecular weight is 275 g/mol. The van der Waals surface area contributed by atoms with E-state index in [4.69, 9.17) is 5.26 Å². The van der Waals surface area contributed by atoms with Crippen LogP contribution >= 0.6 is 0 Å². The summed E-state index contributed by atoms with van der Waals surface area (Å²) in [6.07, 6.45) is 2.03. The fourth-order valence-electron chi connectivity index (χ4n) is 2.32. The minimum absolute atomic E-state index is 0.127. The van der Waals surface area contributed by atoms with E-state index in [1.807, 2.05) is 6.07 Å². The van der Waals surface area contributed by atoms with Gasteiger partial charge in [0.05, 0.1) is 4.92 Å². The van der Waals surface area contributed by atoms with Crippen molar-refractivity contribution in [2.45, 2.75) is 45.6 Å². The Labute approximate surface area is 119 Å². The van der Waals surface area contributed by atoms with Crippen molar-refractivity contribution in [1.82, 2.24) is 5.32 Å². The number of nitrogens with one attached hydrogen (secondary N) is 1. The Bertz CT molecular complexity index is 508. The number of rotatable bonds is 7. The summed E-state index contributed by atoms with van der Waals surface area (Å²) in [5.74, 6) is 0.208. The van der Waals surface area contributed by atoms with E-state index in [1.165, 1.54) is 6.07 Å². The van der Waals surface area contributed by atoms with Crippen LogP contribution in [0.5, 0.6) is 0 Å². The first kappa shape index (κ1) is 16.1. The standard InChI is InChI=1S/C15H21N3O2/c1-4-8-17-14(5-2)11(3)12-6-7-15(18(19)20)13(9-12)10-16/h6-7,9,11,14,17H,4-5,8H2,1-3H3. The van der Waals surface area contributed by atoms with E-state index in [9.17, 15) is 10.1 Å². The molecule has 0 saturated heterocycles. The summed E-state index contributed by atoms with van der Waals surface area (Å²) >= 11 is 0. The van der Waals surface area contributed by atoms with Crippen LogP contribution in [0.2, 0.25) is 0 Å². The molecular formula is C15H21N3O2. The summed E-state index contributed by atoms with van der Waals surface area (Å²) in [4.78, 5) is 10.3. The lowest BCUT2D eigenvalue weighted by Crippen LogP contribution is -2.33. The molecule has 0 amide bonds. The van der Waals surface area contributed by atoms with Crippen LogP contribution in [-0.4, -0.2) is 17.5 Å². The first-order valence-electron chi connectivity index (χ1n) is 6.96. The van der Waals surface area contributed by atoms with E-state index in [-0.39, 0.29) is 17.2 Å². The highest BCUT2D eigenvalue weighted by molar-refractivity contribution is 5.51. The lowest BCUT2D eigenvalue weighted by atomic mass is 9.90. The smallest absolute Gasteiger partial charge is 0.287 e. The average Bonchev–Trinajstić information content (AvgIpc) is 2.46. The fraction of sp³-hybridized carbons (Fsp3) is 0.533. The number of hydrogen-bond acceptors (Lipinski definition) is 4. The highest BCUT2D eigenvalue weighted by atomic mass is 16.6. The van der Waals surface area contributed by atoms with Gasteiger partial charge in [-0.1, -0.05) is 26.8 Å². The first-order chi connectivity index (χ1) is 9.54. The van der Waals surface area contributed by atoms with E-state index in [0.717, 1.165) is 24.9 Å². The van der Waals surface area contributed by atoms with Crippen LogP contribution in [0, 0.1) is 21.4 Å². The minimum atomic E-state index is -0.514. The molecule has 1 aromatic rings. The molecule has 0 heterocycles. The Balaban J connectivity index is 3.01. The molecule has 2 unspecified atom stereocenters. The Morgan fingerprint density at radius 2 is 2.15 bits per heavy atom. The van der Waals surface area contributed by atoms with E-state index in [0.29, 0.717) is 6.04 Å². The molecule has 1 rings (SSSR count). The molecule has 0 aliphatic carbocycles. The third kappa shape index (κ3) is 3.78. The monoisotopic (exact) mass is 275 g/mol. The van der Waals surface area contributed by atoms with Crippen LogP contribution in [0.3, 0.4) is 0 Å². The topological polar surface area (TPSA) is 79.0 Å². The van der Waals surface area contributed by atoms with Gasteiger partial charge >= 0.3 is 0 Å². The van der Waals surface area contributed by atoms with Crippen molar-refractivity contribution in [2.75, 3.05) is 6.54 Å². The highest BCUT2D eigenvalue weighted by Gasteiger charge is 2.20. The number of nitro benzene ring substituents is 1. The van der Waals surface area contributed by atoms with Gasteiger partial charge in [0.1, 0.15) is 11.6 Å². The van der Waals surface area contributed by atoms with Gasteiger partial charge in [0.2, 0.25) is 0 Å². The van der Waals surface area contributed by atoms with Crippen molar-refractivity contribution in [3.05, 3.63) is 39.4 Å². The van der Waals surface area contributed by atoms with Crippen LogP contribution in [0.4, 0.5) is 5.69 Å². The normalized spacial score (nSPS) is 13.5. The van der Waals surface area contributed by atoms with Crippen LogP contribution in [-0.2, 0) is 0 Å². The van der Waals surface area contributed by atoms with Crippen molar-refractivity contribution in [2.24, 2.45) is 0 Å². The molecule has 1 N–H and O–H groups in total. The summed E-state index contributed by atoms with van der Waals surface area (Å²) in [5.41, 5.74) is 0.963. The van der Waals surface area contributed by atoms with Gasteiger partial charge in [0.25, 0.3) is 5.69 Å². The van der Waals surface area contributed by atoms with E-state index in [1.54, 1.807) is 12.1 Å². The lowest BCUT2D eigenvalue weighted by Gasteiger charge is -2.24. The Morgan fingerprint density at radius 3 is 2.65 bits per heavy atom. The zero-order valence-corrected chi connectivity index (χ0v) is 12.2. The molecule has 0 aromatic heterocycles. The summed E-state index contributed by atoms with van der Waals surface area (Å²) in [5, 5.41) is 23.4. The molecule has 0 aliphatic heterocycles. The van der Waals surface area contributed by atoms with E-state index < -0.39 is 4.92 Å². The van der Waals surface area contributed by atoms with Crippen LogP contribution in [0.15, 0.2) is 18.2 Å². The molecular weight excluding hydrogens is 254 g/mol. The van der Waals surface area contributed by atoms with Gasteiger partial charge in [-0.3, -0.25) is 10.1 Å². The maximum absolute atomic E-state index is 10.8. The third-order valence-electron chi connectivity index (χ3n) is 3.56. The van der Waals surface area contributed by atoms with Gasteiger partial charge in [0.15, 0.2) is 0 Å². The highest BCUT2D eigenvalue weighted by Crippen LogP contribution is 2.26. The van der Waals surface area contributed by atoms with Gasteiger partial charge in [-0.2, -0.15) is 5.26 Å². The molecule has 0 bridgehead atoms. The molecule has 2 atom stereocenters. The second-order valence-corrected chi connectivity index (χ2v) is 4.90. The summed E-state index contributed by atoms with van der Waals surface area (Å²) < 4.78 is 0. The maximum Gasteiger partial charge on any atom is 0.287 e. The Kier molecular flexibility index (Phi) is 6.13. The summed E-state index contributed by atoms with van der Waals surface area (Å²) in [6.45, 7) is 7.25. The maximum atomic E-state index is 10.8. The molecule has 1 aromatic carbocycles. The number of nitrogens with zero attached hydrogens (tertiary/aromatic N) is 2. The van der Waals surface area contributed by atoms with Crippen molar-refractivity contribution in [1.29, 1.82) is 5.26 Å². The lowest BCUT2D eigenvalue weighted by molar-refractivity contribution is -0.385. The van der Waals surface area contributed by atoms with Crippen LogP contribution in [0.25, 0.3) is 0 Å². The van der Waals surface area contributed by atoms with Gasteiger partial charge in [-0.05, 0) is 36.9 Å². The molecule has 108 valence electrons. The molecule has 0 aliphatic rings. The molecule has 5 nitrogen and oxygen atoms in total. The Morgan fingerprint density at radius 1 is 1.45 bits per heavy atom. The number of hydrogen-bond donors (Lipinski definition) is 1. The van der Waals surface area contributed by atoms with Gasteiger partial charge in [0, 0.05) is 12.1 Å². The quantitative estimate of drug-likeness (QED) is 0.611. The number of benzene rings is 1. The molecule has 0 spiro atoms. The molecule has 0 saturated carbocycles. The predicted octanol–water partition coefficient (Wildman–Crippen LogP) is 3.35. The number of nitriles is 1. The van der Waals surface area contributed by atoms with E-state index in [2.05, 4.69) is 26.1 Å². The summed E-state index contributed by atoms with van der Waals surface area (Å²) in [6, 6.07) is 7.03. The Hall–Kier alpha value is -1.93. The number of nitro groups is 1. The molecule has 20 heavy (non-hydrogen) atoms. The zero-order chi connectivity index (χ0) is 15.1. The van der Waals surface area contributed by atoms with Gasteiger partial charge < -0.3 is 5.32 Å². The van der Waals surface area contributed by atoms with E-state index >= 15 is 0 Å². The predicted molar refractivity (Wildman–Crippen MR) is 78.6 cm³/mol. The fourth-order valence-corrected chi connectivity index (χ4v) is 2.32. The third-order valence-corrected chi connectivity index (χ3v) is 3.56. The van der Waals surface area contributed by atoms with Crippen molar-refractivity contribution < 1.29 is 4.92 Å². The van der Waals surface area contributed by atoms with Crippen molar-refractivity contribution in [3.8, 4) is 6.07 Å². The van der Waals surface area contributed by atoms with Crippen molar-refractivity contribution >= 4 is 5.69 Å². The molecule has 0 radical (unpaired) electrons. The largest absolute Gasteiger partial charge is 0.313 e. The van der Waals surface area contributed by atoms with Gasteiger partial charge in [-0.15, -0.1) is 0 Å². The van der Waals surface area contributed by atoms with Crippen LogP contribution < -0.4 is 5.32 Å². The SMILES string of the molecule is CCCNC(CC)C(C)c1ccc([N+](=O)[O-])c(C#N)c1. The first-order valence-corrected chi connectivity index (χ1v) is 6.96. The van der Waals surface area contributed by atoms with Gasteiger partial charge in [-0.25, -0.2) is 0 Å². The molecule has 0 fully saturated rings. The summed E-state index contributed by atoms with van der Waals surface area (Å²) in [7, 11) is 0. The second-order valence-electron chi connectivity index (χ2n) is 4.90. The molecule has 5 heteroatoms. The zero-order valence-electron chi connectivity index (χ0n) is 12.2.